The first-order chi connectivity index (χ1) is 12.5. The van der Waals surface area contributed by atoms with Crippen molar-refractivity contribution >= 4 is 17.8 Å². The Balaban J connectivity index is 2.08. The van der Waals surface area contributed by atoms with Gasteiger partial charge in [-0.25, -0.2) is 0 Å². The minimum Gasteiger partial charge on any atom is -0.399 e. The smallest absolute Gasteiger partial charge is 0.0400 e. The largest absolute Gasteiger partial charge is 0.399 e. The van der Waals surface area contributed by atoms with Crippen LogP contribution in [0.25, 0.3) is 12.2 Å². The van der Waals surface area contributed by atoms with Crippen LogP contribution < -0.4 is 16.2 Å². The van der Waals surface area contributed by atoms with Crippen molar-refractivity contribution in [3.05, 3.63) is 99.4 Å². The van der Waals surface area contributed by atoms with Gasteiger partial charge in [0.05, 0.1) is 0 Å². The molecule has 0 heterocycles. The van der Waals surface area contributed by atoms with E-state index in [2.05, 4.69) is 62.6 Å². The lowest BCUT2D eigenvalue weighted by molar-refractivity contribution is 0.628. The van der Waals surface area contributed by atoms with Gasteiger partial charge >= 0.3 is 0 Å². The summed E-state index contributed by atoms with van der Waals surface area (Å²) in [6, 6.07) is 22.6. The Hall–Kier alpha value is -3.24. The van der Waals surface area contributed by atoms with Gasteiger partial charge in [-0.1, -0.05) is 74.7 Å². The van der Waals surface area contributed by atoms with E-state index in [1.807, 2.05) is 36.4 Å². The zero-order valence-electron chi connectivity index (χ0n) is 15.1. The molecule has 126 valence electrons. The molecule has 0 atom stereocenters. The van der Waals surface area contributed by atoms with E-state index in [9.17, 15) is 0 Å². The highest BCUT2D eigenvalue weighted by atomic mass is 14.5. The predicted molar refractivity (Wildman–Crippen MR) is 110 cm³/mol. The van der Waals surface area contributed by atoms with Crippen LogP contribution in [0, 0.1) is 11.8 Å². The number of nitrogen functional groups attached to an aromatic ring is 1. The number of nitrogens with two attached hydrogens (primary N) is 1. The molecule has 26 heavy (non-hydrogen) atoms. The number of benzene rings is 3. The van der Waals surface area contributed by atoms with Crippen LogP contribution in [0.1, 0.15) is 36.1 Å². The summed E-state index contributed by atoms with van der Waals surface area (Å²) in [5.41, 5.74) is 12.4. The quantitative estimate of drug-likeness (QED) is 0.493. The van der Waals surface area contributed by atoms with E-state index in [4.69, 9.17) is 5.73 Å². The highest BCUT2D eigenvalue weighted by Gasteiger charge is 2.32. The molecule has 0 amide bonds. The number of hydrogen-bond donors (Lipinski definition) is 1. The second-order valence-electron chi connectivity index (χ2n) is 7.30. The van der Waals surface area contributed by atoms with Crippen LogP contribution in [0.4, 0.5) is 5.69 Å². The van der Waals surface area contributed by atoms with E-state index in [-0.39, 0.29) is 5.41 Å². The summed E-state index contributed by atoms with van der Waals surface area (Å²) in [5.74, 6) is 6.75. The molecule has 1 heteroatoms. The number of rotatable bonds is 0. The van der Waals surface area contributed by atoms with E-state index in [0.717, 1.165) is 27.6 Å². The topological polar surface area (TPSA) is 26.0 Å². The highest BCUT2D eigenvalue weighted by molar-refractivity contribution is 5.85. The normalized spacial score (nSPS) is 14.0. The van der Waals surface area contributed by atoms with Crippen molar-refractivity contribution in [2.24, 2.45) is 0 Å². The van der Waals surface area contributed by atoms with Gasteiger partial charge in [0.2, 0.25) is 0 Å². The minimum atomic E-state index is -0.147. The predicted octanol–water partition coefficient (Wildman–Crippen LogP) is 3.57. The molecule has 0 aromatic heterocycles. The third kappa shape index (κ3) is 2.61. The van der Waals surface area contributed by atoms with Crippen molar-refractivity contribution in [2.45, 2.75) is 19.3 Å². The maximum absolute atomic E-state index is 6.11. The number of anilines is 1. The molecule has 1 aliphatic carbocycles. The molecule has 0 saturated carbocycles. The Kier molecular flexibility index (Phi) is 3.71. The van der Waals surface area contributed by atoms with Crippen molar-refractivity contribution in [1.29, 1.82) is 0 Å². The van der Waals surface area contributed by atoms with Crippen molar-refractivity contribution in [3.63, 3.8) is 0 Å². The maximum atomic E-state index is 6.11. The summed E-state index contributed by atoms with van der Waals surface area (Å²) in [7, 11) is 0. The zero-order chi connectivity index (χ0) is 18.3. The molecule has 1 nitrogen and oxygen atoms in total. The molecule has 0 radical (unpaired) electrons. The average Bonchev–Trinajstić information content (AvgIpc) is 2.63. The molecule has 0 fully saturated rings. The van der Waals surface area contributed by atoms with Crippen LogP contribution >= 0.6 is 0 Å². The molecule has 0 bridgehead atoms. The molecule has 2 N–H and O–H groups in total. The van der Waals surface area contributed by atoms with E-state index in [1.165, 1.54) is 16.3 Å². The van der Waals surface area contributed by atoms with Crippen LogP contribution in [0.15, 0.2) is 66.7 Å². The minimum absolute atomic E-state index is 0.147. The van der Waals surface area contributed by atoms with Crippen LogP contribution in [-0.4, -0.2) is 0 Å². The monoisotopic (exact) mass is 335 g/mol. The van der Waals surface area contributed by atoms with Crippen LogP contribution in [0.5, 0.6) is 0 Å². The fourth-order valence-corrected chi connectivity index (χ4v) is 3.70. The average molecular weight is 335 g/mol. The molecule has 0 spiro atoms. The third-order valence-corrected chi connectivity index (χ3v) is 5.12. The Labute approximate surface area is 154 Å². The van der Waals surface area contributed by atoms with E-state index in [1.54, 1.807) is 0 Å². The second kappa shape index (κ2) is 5.93. The van der Waals surface area contributed by atoms with Crippen LogP contribution in [-0.2, 0) is 5.41 Å². The molecule has 0 saturated heterocycles. The Morgan fingerprint density at radius 3 is 2.38 bits per heavy atom. The first-order valence-corrected chi connectivity index (χ1v) is 8.78. The van der Waals surface area contributed by atoms with Crippen LogP contribution in [0.3, 0.4) is 0 Å². The number of hydrogen-bond acceptors (Lipinski definition) is 1. The fourth-order valence-electron chi connectivity index (χ4n) is 3.70. The Morgan fingerprint density at radius 2 is 1.62 bits per heavy atom. The zero-order valence-corrected chi connectivity index (χ0v) is 15.1. The lowest BCUT2D eigenvalue weighted by atomic mass is 9.70. The molecule has 4 rings (SSSR count). The van der Waals surface area contributed by atoms with Crippen molar-refractivity contribution < 1.29 is 0 Å². The van der Waals surface area contributed by atoms with Gasteiger partial charge in [-0.05, 0) is 51.4 Å². The summed E-state index contributed by atoms with van der Waals surface area (Å²) in [6.45, 7) is 8.60. The summed E-state index contributed by atoms with van der Waals surface area (Å²) >= 11 is 0. The first-order valence-electron chi connectivity index (χ1n) is 8.78. The van der Waals surface area contributed by atoms with Crippen molar-refractivity contribution in [3.8, 4) is 11.8 Å². The molecule has 3 aromatic rings. The summed E-state index contributed by atoms with van der Waals surface area (Å²) in [5, 5.41) is 2.20. The van der Waals surface area contributed by atoms with E-state index >= 15 is 0 Å². The first kappa shape index (κ1) is 16.2. The molecule has 0 unspecified atom stereocenters. The summed E-state index contributed by atoms with van der Waals surface area (Å²) in [6.07, 6.45) is 0. The molecule has 0 aliphatic heterocycles. The van der Waals surface area contributed by atoms with Gasteiger partial charge in [-0.2, -0.15) is 0 Å². The van der Waals surface area contributed by atoms with Gasteiger partial charge < -0.3 is 5.73 Å². The molecular weight excluding hydrogens is 314 g/mol. The maximum Gasteiger partial charge on any atom is 0.0400 e. The Morgan fingerprint density at radius 1 is 0.846 bits per heavy atom. The highest BCUT2D eigenvalue weighted by Crippen LogP contribution is 2.38. The summed E-state index contributed by atoms with van der Waals surface area (Å²) < 4.78 is 0. The molecular formula is C25H21N. The standard InChI is InChI=1S/C25H21N/c1-17-9-12-21-20(13-10-18-7-5-4-6-8-18)22-14-11-19(26)16-24(22)25(2,3)23(21)15-17/h4-9,11-12,14-16H,1,26H2,2-3H3. The van der Waals surface area contributed by atoms with Crippen molar-refractivity contribution in [2.75, 3.05) is 5.73 Å². The van der Waals surface area contributed by atoms with Crippen molar-refractivity contribution in [1.82, 2.24) is 0 Å². The van der Waals surface area contributed by atoms with Gasteiger partial charge in [0.15, 0.2) is 0 Å². The van der Waals surface area contributed by atoms with Gasteiger partial charge in [-0.15, -0.1) is 0 Å². The summed E-state index contributed by atoms with van der Waals surface area (Å²) in [4.78, 5) is 0. The number of fused-ring (bicyclic) bond motifs is 2. The van der Waals surface area contributed by atoms with Crippen LogP contribution in [0.2, 0.25) is 0 Å². The Bertz CT molecular complexity index is 1170. The SMILES string of the molecule is C=c1ccc2c(c1)C(C)(C)c1cc(N)ccc1C=2C#Cc1ccccc1. The second-order valence-corrected chi connectivity index (χ2v) is 7.30. The van der Waals surface area contributed by atoms with Gasteiger partial charge in [0, 0.05) is 22.2 Å². The van der Waals surface area contributed by atoms with Gasteiger partial charge in [0.1, 0.15) is 0 Å². The van der Waals surface area contributed by atoms with E-state index in [0.29, 0.717) is 0 Å². The van der Waals surface area contributed by atoms with E-state index < -0.39 is 0 Å². The molecule has 3 aromatic carbocycles. The molecule has 1 aliphatic rings. The lowest BCUT2D eigenvalue weighted by Crippen LogP contribution is -2.35. The lowest BCUT2D eigenvalue weighted by Gasteiger charge is -2.33. The third-order valence-electron chi connectivity index (χ3n) is 5.12. The fraction of sp³-hybridized carbons (Fsp3) is 0.120. The van der Waals surface area contributed by atoms with Gasteiger partial charge in [-0.3, -0.25) is 0 Å². The van der Waals surface area contributed by atoms with Gasteiger partial charge in [0.25, 0.3) is 0 Å².